The molecule has 1 aromatic heterocycles. The van der Waals surface area contributed by atoms with Gasteiger partial charge in [-0.05, 0) is 24.3 Å². The van der Waals surface area contributed by atoms with Crippen LogP contribution in [0.1, 0.15) is 18.2 Å². The normalized spacial score (nSPS) is 17.1. The highest BCUT2D eigenvalue weighted by molar-refractivity contribution is 9.10. The third-order valence-corrected chi connectivity index (χ3v) is 4.69. The molecule has 0 radical (unpaired) electrons. The van der Waals surface area contributed by atoms with Crippen molar-refractivity contribution in [3.8, 4) is 11.4 Å². The Morgan fingerprint density at radius 1 is 1.19 bits per heavy atom. The lowest BCUT2D eigenvalue weighted by Gasteiger charge is -2.16. The summed E-state index contributed by atoms with van der Waals surface area (Å²) in [4.78, 5) is 17.9. The Balaban J connectivity index is 1.59. The lowest BCUT2D eigenvalue weighted by molar-refractivity contribution is -0.117. The summed E-state index contributed by atoms with van der Waals surface area (Å²) >= 11 is 3.38. The van der Waals surface area contributed by atoms with Crippen molar-refractivity contribution in [1.29, 1.82) is 0 Å². The van der Waals surface area contributed by atoms with E-state index in [0.29, 0.717) is 11.7 Å². The van der Waals surface area contributed by atoms with E-state index in [0.717, 1.165) is 28.2 Å². The van der Waals surface area contributed by atoms with Crippen LogP contribution in [-0.2, 0) is 4.79 Å². The molecule has 1 aliphatic rings. The van der Waals surface area contributed by atoms with E-state index >= 15 is 0 Å². The number of halogens is 3. The van der Waals surface area contributed by atoms with Gasteiger partial charge in [-0.3, -0.25) is 4.79 Å². The number of carbonyl (C=O) groups is 1. The fraction of sp³-hybridized carbons (Fsp3) is 0.167. The maximum absolute atomic E-state index is 14.0. The molecule has 1 atom stereocenters. The zero-order chi connectivity index (χ0) is 18.3. The first-order valence-electron chi connectivity index (χ1n) is 7.86. The molecule has 0 aliphatic carbocycles. The summed E-state index contributed by atoms with van der Waals surface area (Å²) in [5.41, 5.74) is 0.691. The number of amides is 1. The van der Waals surface area contributed by atoms with Crippen LogP contribution in [-0.4, -0.2) is 22.6 Å². The molecule has 26 heavy (non-hydrogen) atoms. The summed E-state index contributed by atoms with van der Waals surface area (Å²) in [6, 6.07) is 10.4. The molecule has 0 spiro atoms. The lowest BCUT2D eigenvalue weighted by Crippen LogP contribution is -2.25. The highest BCUT2D eigenvalue weighted by Crippen LogP contribution is 2.33. The molecule has 3 aromatic rings. The Hall–Kier alpha value is -2.61. The lowest BCUT2D eigenvalue weighted by atomic mass is 10.1. The van der Waals surface area contributed by atoms with Gasteiger partial charge in [-0.2, -0.15) is 4.98 Å². The van der Waals surface area contributed by atoms with Crippen LogP contribution < -0.4 is 4.90 Å². The molecule has 8 heteroatoms. The molecule has 132 valence electrons. The molecule has 1 fully saturated rings. The van der Waals surface area contributed by atoms with Crippen LogP contribution in [0.15, 0.2) is 51.5 Å². The zero-order valence-electron chi connectivity index (χ0n) is 13.3. The van der Waals surface area contributed by atoms with Crippen molar-refractivity contribution in [2.45, 2.75) is 12.3 Å². The van der Waals surface area contributed by atoms with E-state index in [1.54, 1.807) is 0 Å². The number of carbonyl (C=O) groups excluding carboxylic acids is 1. The minimum absolute atomic E-state index is 0.0794. The minimum Gasteiger partial charge on any atom is -0.339 e. The van der Waals surface area contributed by atoms with Gasteiger partial charge in [0, 0.05) is 29.1 Å². The SMILES string of the molecule is O=C1CC(c2nc(-c3cccc(Br)c3)no2)CN1c1cc(F)ccc1F. The Labute approximate surface area is 155 Å². The van der Waals surface area contributed by atoms with Gasteiger partial charge >= 0.3 is 0 Å². The van der Waals surface area contributed by atoms with Gasteiger partial charge in [-0.15, -0.1) is 0 Å². The van der Waals surface area contributed by atoms with Crippen LogP contribution in [0.25, 0.3) is 11.4 Å². The monoisotopic (exact) mass is 419 g/mol. The zero-order valence-corrected chi connectivity index (χ0v) is 14.9. The van der Waals surface area contributed by atoms with Crippen molar-refractivity contribution in [3.63, 3.8) is 0 Å². The van der Waals surface area contributed by atoms with Crippen molar-refractivity contribution in [3.05, 3.63) is 64.5 Å². The van der Waals surface area contributed by atoms with Crippen molar-refractivity contribution < 1.29 is 18.1 Å². The largest absolute Gasteiger partial charge is 0.339 e. The van der Waals surface area contributed by atoms with Crippen LogP contribution in [0.5, 0.6) is 0 Å². The second-order valence-electron chi connectivity index (χ2n) is 5.97. The standard InChI is InChI=1S/C18H12BrF2N3O2/c19-12-3-1-2-10(6-12)17-22-18(26-23-17)11-7-16(25)24(9-11)15-8-13(20)4-5-14(15)21/h1-6,8,11H,7,9H2. The van der Waals surface area contributed by atoms with Crippen molar-refractivity contribution >= 4 is 27.5 Å². The van der Waals surface area contributed by atoms with Gasteiger partial charge in [0.25, 0.3) is 0 Å². The fourth-order valence-electron chi connectivity index (χ4n) is 2.94. The van der Waals surface area contributed by atoms with E-state index in [4.69, 9.17) is 4.52 Å². The maximum Gasteiger partial charge on any atom is 0.232 e. The number of benzene rings is 2. The molecule has 5 nitrogen and oxygen atoms in total. The van der Waals surface area contributed by atoms with Crippen LogP contribution >= 0.6 is 15.9 Å². The Morgan fingerprint density at radius 2 is 2.04 bits per heavy atom. The fourth-order valence-corrected chi connectivity index (χ4v) is 3.34. The van der Waals surface area contributed by atoms with Gasteiger partial charge in [0.05, 0.1) is 11.6 Å². The highest BCUT2D eigenvalue weighted by Gasteiger charge is 2.36. The third kappa shape index (κ3) is 3.12. The summed E-state index contributed by atoms with van der Waals surface area (Å²) in [6.45, 7) is 0.152. The molecule has 2 heterocycles. The number of nitrogens with zero attached hydrogens (tertiary/aromatic N) is 3. The number of aromatic nitrogens is 2. The molecule has 2 aromatic carbocycles. The second-order valence-corrected chi connectivity index (χ2v) is 6.88. The summed E-state index contributed by atoms with van der Waals surface area (Å²) in [7, 11) is 0. The smallest absolute Gasteiger partial charge is 0.232 e. The molecule has 4 rings (SSSR count). The first-order valence-corrected chi connectivity index (χ1v) is 8.65. The second kappa shape index (κ2) is 6.60. The first-order chi connectivity index (χ1) is 12.5. The predicted octanol–water partition coefficient (Wildman–Crippen LogP) is 4.30. The minimum atomic E-state index is -0.652. The topological polar surface area (TPSA) is 59.2 Å². The molecule has 1 aliphatic heterocycles. The Kier molecular flexibility index (Phi) is 4.28. The number of anilines is 1. The van der Waals surface area contributed by atoms with Gasteiger partial charge < -0.3 is 9.42 Å². The molecule has 1 unspecified atom stereocenters. The average Bonchev–Trinajstić information content (AvgIpc) is 3.24. The number of hydrogen-bond donors (Lipinski definition) is 0. The van der Waals surface area contributed by atoms with Crippen LogP contribution in [0.4, 0.5) is 14.5 Å². The van der Waals surface area contributed by atoms with Crippen molar-refractivity contribution in [2.24, 2.45) is 0 Å². The molecular formula is C18H12BrF2N3O2. The third-order valence-electron chi connectivity index (χ3n) is 4.20. The van der Waals surface area contributed by atoms with E-state index in [2.05, 4.69) is 26.1 Å². The summed E-state index contributed by atoms with van der Waals surface area (Å²) < 4.78 is 33.6. The highest BCUT2D eigenvalue weighted by atomic mass is 79.9. The van der Waals surface area contributed by atoms with Gasteiger partial charge in [0.15, 0.2) is 0 Å². The Morgan fingerprint density at radius 3 is 2.85 bits per heavy atom. The summed E-state index contributed by atoms with van der Waals surface area (Å²) in [5.74, 6) is -1.25. The molecule has 0 N–H and O–H groups in total. The van der Waals surface area contributed by atoms with E-state index in [1.165, 1.54) is 4.90 Å². The molecule has 0 saturated carbocycles. The quantitative estimate of drug-likeness (QED) is 0.634. The van der Waals surface area contributed by atoms with E-state index in [-0.39, 0.29) is 30.5 Å². The van der Waals surface area contributed by atoms with Gasteiger partial charge in [0.1, 0.15) is 11.6 Å². The molecule has 0 bridgehead atoms. The van der Waals surface area contributed by atoms with Gasteiger partial charge in [-0.1, -0.05) is 33.2 Å². The Bertz CT molecular complexity index is 992. The molecular weight excluding hydrogens is 408 g/mol. The molecule has 1 amide bonds. The van der Waals surface area contributed by atoms with E-state index in [9.17, 15) is 13.6 Å². The average molecular weight is 420 g/mol. The summed E-state index contributed by atoms with van der Waals surface area (Å²) in [5, 5.41) is 3.96. The van der Waals surface area contributed by atoms with E-state index < -0.39 is 11.6 Å². The van der Waals surface area contributed by atoms with Crippen molar-refractivity contribution in [2.75, 3.05) is 11.4 Å². The number of rotatable bonds is 3. The summed E-state index contributed by atoms with van der Waals surface area (Å²) in [6.07, 6.45) is 0.0933. The van der Waals surface area contributed by atoms with E-state index in [1.807, 2.05) is 24.3 Å². The van der Waals surface area contributed by atoms with Gasteiger partial charge in [0.2, 0.25) is 17.6 Å². The maximum atomic E-state index is 14.0. The van der Waals surface area contributed by atoms with Crippen molar-refractivity contribution in [1.82, 2.24) is 10.1 Å². The van der Waals surface area contributed by atoms with Crippen LogP contribution in [0.2, 0.25) is 0 Å². The van der Waals surface area contributed by atoms with Crippen LogP contribution in [0, 0.1) is 11.6 Å². The number of hydrogen-bond acceptors (Lipinski definition) is 4. The van der Waals surface area contributed by atoms with Gasteiger partial charge in [-0.25, -0.2) is 8.78 Å². The first kappa shape index (κ1) is 16.8. The van der Waals surface area contributed by atoms with Crippen LogP contribution in [0.3, 0.4) is 0 Å². The molecule has 1 saturated heterocycles. The predicted molar refractivity (Wildman–Crippen MR) is 93.5 cm³/mol.